The molecule has 1 unspecified atom stereocenters. The van der Waals surface area contributed by atoms with Gasteiger partial charge in [-0.1, -0.05) is 24.3 Å². The normalized spacial score (nSPS) is 15.4. The number of thiazole rings is 1. The van der Waals surface area contributed by atoms with Crippen molar-refractivity contribution in [1.29, 1.82) is 0 Å². The van der Waals surface area contributed by atoms with Crippen LogP contribution in [-0.2, 0) is 17.8 Å². The van der Waals surface area contributed by atoms with Crippen molar-refractivity contribution in [2.75, 3.05) is 5.32 Å². The second-order valence-electron chi connectivity index (χ2n) is 7.30. The van der Waals surface area contributed by atoms with Crippen LogP contribution in [0.3, 0.4) is 0 Å². The number of carbonyl (C=O) groups is 2. The van der Waals surface area contributed by atoms with Gasteiger partial charge >= 0.3 is 0 Å². The first-order valence-corrected chi connectivity index (χ1v) is 10.8. The van der Waals surface area contributed by atoms with Crippen LogP contribution >= 0.6 is 11.3 Å². The summed E-state index contributed by atoms with van der Waals surface area (Å²) in [4.78, 5) is 32.2. The van der Waals surface area contributed by atoms with Crippen LogP contribution in [0.1, 0.15) is 21.7 Å². The van der Waals surface area contributed by atoms with E-state index in [1.165, 1.54) is 6.26 Å². The highest BCUT2D eigenvalue weighted by molar-refractivity contribution is 7.13. The molecule has 2 aromatic heterocycles. The summed E-state index contributed by atoms with van der Waals surface area (Å²) in [5.74, 6) is -0.292. The fraction of sp³-hybridized carbons (Fsp3) is 0.125. The molecule has 1 N–H and O–H groups in total. The fourth-order valence-electron chi connectivity index (χ4n) is 3.80. The average molecular weight is 430 g/mol. The molecule has 1 aliphatic rings. The quantitative estimate of drug-likeness (QED) is 0.514. The van der Waals surface area contributed by atoms with Crippen LogP contribution in [0.5, 0.6) is 0 Å². The number of furan rings is 1. The van der Waals surface area contributed by atoms with E-state index in [0.29, 0.717) is 18.7 Å². The largest absolute Gasteiger partial charge is 0.459 e. The van der Waals surface area contributed by atoms with Crippen molar-refractivity contribution in [3.8, 4) is 10.6 Å². The maximum atomic E-state index is 13.2. The zero-order chi connectivity index (χ0) is 21.2. The first-order valence-electron chi connectivity index (χ1n) is 9.91. The van der Waals surface area contributed by atoms with E-state index < -0.39 is 6.04 Å². The minimum atomic E-state index is -0.633. The molecular weight excluding hydrogens is 410 g/mol. The molecule has 2 aromatic carbocycles. The Labute approximate surface area is 183 Å². The van der Waals surface area contributed by atoms with E-state index in [0.717, 1.165) is 21.7 Å². The lowest BCUT2D eigenvalue weighted by Gasteiger charge is -2.35. The number of aromatic nitrogens is 1. The number of nitrogens with zero attached hydrogens (tertiary/aromatic N) is 2. The van der Waals surface area contributed by atoms with Gasteiger partial charge in [0.2, 0.25) is 5.91 Å². The molecule has 4 aromatic rings. The van der Waals surface area contributed by atoms with Crippen molar-refractivity contribution >= 4 is 28.8 Å². The summed E-state index contributed by atoms with van der Waals surface area (Å²) >= 11 is 1.56. The highest BCUT2D eigenvalue weighted by Gasteiger charge is 2.36. The van der Waals surface area contributed by atoms with Crippen molar-refractivity contribution in [2.45, 2.75) is 19.0 Å². The summed E-state index contributed by atoms with van der Waals surface area (Å²) in [6, 6.07) is 18.1. The van der Waals surface area contributed by atoms with Crippen LogP contribution in [-0.4, -0.2) is 27.7 Å². The number of nitrogens with one attached hydrogen (secondary N) is 1. The van der Waals surface area contributed by atoms with Crippen LogP contribution in [0.25, 0.3) is 10.6 Å². The molecule has 0 spiro atoms. The third-order valence-electron chi connectivity index (χ3n) is 5.38. The molecule has 5 rings (SSSR count). The molecule has 31 heavy (non-hydrogen) atoms. The van der Waals surface area contributed by atoms with Crippen molar-refractivity contribution in [3.05, 3.63) is 95.4 Å². The van der Waals surface area contributed by atoms with Crippen LogP contribution in [0, 0.1) is 0 Å². The van der Waals surface area contributed by atoms with Crippen molar-refractivity contribution in [2.24, 2.45) is 0 Å². The Morgan fingerprint density at radius 3 is 2.55 bits per heavy atom. The summed E-state index contributed by atoms with van der Waals surface area (Å²) < 4.78 is 5.30. The minimum absolute atomic E-state index is 0.226. The van der Waals surface area contributed by atoms with Gasteiger partial charge in [0.15, 0.2) is 5.76 Å². The van der Waals surface area contributed by atoms with Gasteiger partial charge in [-0.2, -0.15) is 0 Å². The lowest BCUT2D eigenvalue weighted by molar-refractivity contribution is -0.121. The molecule has 7 heteroatoms. The first kappa shape index (κ1) is 19.3. The van der Waals surface area contributed by atoms with Gasteiger partial charge in [-0.15, -0.1) is 11.3 Å². The van der Waals surface area contributed by atoms with Crippen LogP contribution in [0.4, 0.5) is 5.69 Å². The predicted octanol–water partition coefficient (Wildman–Crippen LogP) is 4.61. The summed E-state index contributed by atoms with van der Waals surface area (Å²) in [6.45, 7) is 0.358. The lowest BCUT2D eigenvalue weighted by Crippen LogP contribution is -2.50. The van der Waals surface area contributed by atoms with Crippen LogP contribution in [0.15, 0.2) is 82.9 Å². The Morgan fingerprint density at radius 1 is 1.03 bits per heavy atom. The van der Waals surface area contributed by atoms with Gasteiger partial charge in [0.05, 0.1) is 6.26 Å². The summed E-state index contributed by atoms with van der Waals surface area (Å²) in [6.07, 6.45) is 3.68. The smallest absolute Gasteiger partial charge is 0.290 e. The van der Waals surface area contributed by atoms with E-state index in [2.05, 4.69) is 10.3 Å². The molecule has 0 saturated heterocycles. The van der Waals surface area contributed by atoms with E-state index >= 15 is 0 Å². The Bertz CT molecular complexity index is 1200. The number of carbonyl (C=O) groups excluding carboxylic acids is 2. The number of anilines is 1. The van der Waals surface area contributed by atoms with Crippen LogP contribution in [0.2, 0.25) is 0 Å². The number of rotatable bonds is 4. The van der Waals surface area contributed by atoms with Gasteiger partial charge in [-0.25, -0.2) is 4.98 Å². The Hall–Kier alpha value is -3.71. The predicted molar refractivity (Wildman–Crippen MR) is 119 cm³/mol. The zero-order valence-electron chi connectivity index (χ0n) is 16.5. The third kappa shape index (κ3) is 3.87. The Morgan fingerprint density at radius 2 is 1.84 bits per heavy atom. The van der Waals surface area contributed by atoms with Crippen molar-refractivity contribution < 1.29 is 14.0 Å². The Kier molecular flexibility index (Phi) is 5.09. The van der Waals surface area contributed by atoms with E-state index in [9.17, 15) is 9.59 Å². The molecule has 1 aliphatic heterocycles. The minimum Gasteiger partial charge on any atom is -0.459 e. The molecule has 0 bridgehead atoms. The molecule has 154 valence electrons. The zero-order valence-corrected chi connectivity index (χ0v) is 17.3. The summed E-state index contributed by atoms with van der Waals surface area (Å²) in [5, 5.41) is 5.82. The molecule has 6 nitrogen and oxygen atoms in total. The highest BCUT2D eigenvalue weighted by atomic mass is 32.1. The van der Waals surface area contributed by atoms with Gasteiger partial charge in [0, 0.05) is 35.8 Å². The maximum absolute atomic E-state index is 13.2. The SMILES string of the molecule is O=C(Nc1ccc(-c2nccs2)cc1)C1Cc2ccccc2CN1C(=O)c1ccco1. The number of benzene rings is 2. The Balaban J connectivity index is 1.39. The van der Waals surface area contributed by atoms with Crippen LogP contribution < -0.4 is 5.32 Å². The molecule has 0 radical (unpaired) electrons. The molecule has 0 aliphatic carbocycles. The summed E-state index contributed by atoms with van der Waals surface area (Å²) in [7, 11) is 0. The lowest BCUT2D eigenvalue weighted by atomic mass is 9.93. The molecule has 0 fully saturated rings. The van der Waals surface area contributed by atoms with E-state index in [-0.39, 0.29) is 17.6 Å². The number of hydrogen-bond acceptors (Lipinski definition) is 5. The fourth-order valence-corrected chi connectivity index (χ4v) is 4.44. The third-order valence-corrected chi connectivity index (χ3v) is 6.20. The van der Waals surface area contributed by atoms with E-state index in [1.807, 2.05) is 53.9 Å². The topological polar surface area (TPSA) is 75.4 Å². The van der Waals surface area contributed by atoms with Gasteiger partial charge in [-0.3, -0.25) is 9.59 Å². The number of fused-ring (bicyclic) bond motifs is 1. The molecule has 3 heterocycles. The van der Waals surface area contributed by atoms with Gasteiger partial charge < -0.3 is 14.6 Å². The first-order chi connectivity index (χ1) is 15.2. The second kappa shape index (κ2) is 8.20. The second-order valence-corrected chi connectivity index (χ2v) is 8.20. The van der Waals surface area contributed by atoms with E-state index in [4.69, 9.17) is 4.42 Å². The van der Waals surface area contributed by atoms with Crippen molar-refractivity contribution in [1.82, 2.24) is 9.88 Å². The molecular formula is C24H19N3O3S. The number of hydrogen-bond donors (Lipinski definition) is 1. The molecule has 2 amide bonds. The van der Waals surface area contributed by atoms with Gasteiger partial charge in [0.25, 0.3) is 5.91 Å². The van der Waals surface area contributed by atoms with Gasteiger partial charge in [0.1, 0.15) is 11.0 Å². The average Bonchev–Trinajstić information content (AvgIpc) is 3.53. The highest BCUT2D eigenvalue weighted by Crippen LogP contribution is 2.27. The summed E-state index contributed by atoms with van der Waals surface area (Å²) in [5.41, 5.74) is 3.79. The molecule has 0 saturated carbocycles. The monoisotopic (exact) mass is 429 g/mol. The maximum Gasteiger partial charge on any atom is 0.290 e. The molecule has 1 atom stereocenters. The standard InChI is InChI=1S/C24H19N3O3S/c28-22(26-19-9-7-16(8-10-19)23-25-11-13-31-23)20-14-17-4-1-2-5-18(17)15-27(20)24(29)21-6-3-12-30-21/h1-13,20H,14-15H2,(H,26,28). The van der Waals surface area contributed by atoms with E-state index in [1.54, 1.807) is 34.6 Å². The number of amides is 2. The van der Waals surface area contributed by atoms with Gasteiger partial charge in [-0.05, 0) is 47.5 Å². The van der Waals surface area contributed by atoms with Crippen molar-refractivity contribution in [3.63, 3.8) is 0 Å².